The maximum Gasteiger partial charge on any atom is 0.243 e. The van der Waals surface area contributed by atoms with Crippen molar-refractivity contribution in [2.45, 2.75) is 31.4 Å². The summed E-state index contributed by atoms with van der Waals surface area (Å²) in [5, 5.41) is 8.86. The molecule has 108 valence electrons. The lowest BCUT2D eigenvalue weighted by atomic mass is 10.2. The Morgan fingerprint density at radius 1 is 1.47 bits per heavy atom. The molecule has 2 N–H and O–H groups in total. The van der Waals surface area contributed by atoms with Crippen molar-refractivity contribution in [2.24, 2.45) is 0 Å². The molecule has 0 radical (unpaired) electrons. The molecule has 1 rings (SSSR count). The molecule has 1 aromatic rings. The zero-order valence-corrected chi connectivity index (χ0v) is 12.5. The average molecular weight is 307 g/mol. The molecule has 1 atom stereocenters. The zero-order chi connectivity index (χ0) is 14.5. The Balaban J connectivity index is 2.88. The number of hydrogen-bond acceptors (Lipinski definition) is 4. The standard InChI is InChI=1S/C12H18FNO3S2/c1-3-18-8-9(2)14-19(16,17)12-5-4-10(7-15)6-11(12)13/h4-6,9,14-15H,3,7-8H2,1-2H3. The first-order valence-electron chi connectivity index (χ1n) is 5.90. The van der Waals surface area contributed by atoms with E-state index in [1.165, 1.54) is 12.1 Å². The highest BCUT2D eigenvalue weighted by Gasteiger charge is 2.21. The van der Waals surface area contributed by atoms with Gasteiger partial charge in [0.05, 0.1) is 6.61 Å². The van der Waals surface area contributed by atoms with Crippen LogP contribution in [0.4, 0.5) is 4.39 Å². The highest BCUT2D eigenvalue weighted by atomic mass is 32.2. The van der Waals surface area contributed by atoms with Gasteiger partial charge in [0.15, 0.2) is 0 Å². The lowest BCUT2D eigenvalue weighted by Crippen LogP contribution is -2.34. The van der Waals surface area contributed by atoms with Gasteiger partial charge in [0.25, 0.3) is 0 Å². The molecule has 0 amide bonds. The highest BCUT2D eigenvalue weighted by molar-refractivity contribution is 7.99. The minimum absolute atomic E-state index is 0.271. The van der Waals surface area contributed by atoms with Gasteiger partial charge in [-0.3, -0.25) is 0 Å². The molecule has 0 bridgehead atoms. The van der Waals surface area contributed by atoms with E-state index in [-0.39, 0.29) is 12.6 Å². The average Bonchev–Trinajstić information content (AvgIpc) is 2.35. The van der Waals surface area contributed by atoms with E-state index in [0.29, 0.717) is 11.3 Å². The molecule has 0 aliphatic heterocycles. The van der Waals surface area contributed by atoms with E-state index in [9.17, 15) is 12.8 Å². The molecule has 0 spiro atoms. The summed E-state index contributed by atoms with van der Waals surface area (Å²) in [5.74, 6) is 0.673. The molecule has 0 fully saturated rings. The van der Waals surface area contributed by atoms with Crippen molar-refractivity contribution in [3.05, 3.63) is 29.6 Å². The molecule has 0 saturated heterocycles. The Morgan fingerprint density at radius 3 is 2.68 bits per heavy atom. The molecular formula is C12H18FNO3S2. The van der Waals surface area contributed by atoms with Crippen LogP contribution in [0.2, 0.25) is 0 Å². The summed E-state index contributed by atoms with van der Waals surface area (Å²) < 4.78 is 40.1. The van der Waals surface area contributed by atoms with Gasteiger partial charge in [-0.15, -0.1) is 0 Å². The van der Waals surface area contributed by atoms with Crippen LogP contribution in [0.15, 0.2) is 23.1 Å². The first-order valence-corrected chi connectivity index (χ1v) is 8.53. The van der Waals surface area contributed by atoms with Gasteiger partial charge >= 0.3 is 0 Å². The lowest BCUT2D eigenvalue weighted by Gasteiger charge is -2.14. The Kier molecular flexibility index (Phi) is 6.25. The molecule has 0 aromatic heterocycles. The van der Waals surface area contributed by atoms with Gasteiger partial charge in [-0.1, -0.05) is 13.0 Å². The second kappa shape index (κ2) is 7.23. The fourth-order valence-corrected chi connectivity index (χ4v) is 3.60. The van der Waals surface area contributed by atoms with Gasteiger partial charge in [-0.2, -0.15) is 11.8 Å². The smallest absolute Gasteiger partial charge is 0.243 e. The van der Waals surface area contributed by atoms with Gasteiger partial charge in [-0.25, -0.2) is 17.5 Å². The van der Waals surface area contributed by atoms with E-state index in [1.54, 1.807) is 18.7 Å². The number of aliphatic hydroxyl groups excluding tert-OH is 1. The number of aliphatic hydroxyl groups is 1. The molecule has 7 heteroatoms. The Bertz CT molecular complexity index is 520. The topological polar surface area (TPSA) is 66.4 Å². The number of nitrogens with one attached hydrogen (secondary N) is 1. The minimum atomic E-state index is -3.87. The predicted octanol–water partition coefficient (Wildman–Crippen LogP) is 1.74. The van der Waals surface area contributed by atoms with Gasteiger partial charge in [0.2, 0.25) is 10.0 Å². The summed E-state index contributed by atoms with van der Waals surface area (Å²) in [6.07, 6.45) is 0. The third-order valence-corrected chi connectivity index (χ3v) is 5.16. The van der Waals surface area contributed by atoms with Crippen molar-refractivity contribution in [3.8, 4) is 0 Å². The number of sulfonamides is 1. The van der Waals surface area contributed by atoms with E-state index >= 15 is 0 Å². The van der Waals surface area contributed by atoms with Gasteiger partial charge in [-0.05, 0) is 30.4 Å². The monoisotopic (exact) mass is 307 g/mol. The largest absolute Gasteiger partial charge is 0.392 e. The quantitative estimate of drug-likeness (QED) is 0.805. The predicted molar refractivity (Wildman–Crippen MR) is 75.1 cm³/mol. The van der Waals surface area contributed by atoms with Crippen LogP contribution in [0.1, 0.15) is 19.4 Å². The van der Waals surface area contributed by atoms with Gasteiger partial charge < -0.3 is 5.11 Å². The summed E-state index contributed by atoms with van der Waals surface area (Å²) in [5.41, 5.74) is 0.339. The fraction of sp³-hybridized carbons (Fsp3) is 0.500. The molecule has 4 nitrogen and oxygen atoms in total. The van der Waals surface area contributed by atoms with Crippen LogP contribution in [-0.2, 0) is 16.6 Å². The van der Waals surface area contributed by atoms with E-state index in [1.807, 2.05) is 6.92 Å². The molecule has 19 heavy (non-hydrogen) atoms. The minimum Gasteiger partial charge on any atom is -0.392 e. The third kappa shape index (κ3) is 4.76. The summed E-state index contributed by atoms with van der Waals surface area (Å²) in [6.45, 7) is 3.40. The van der Waals surface area contributed by atoms with E-state index < -0.39 is 20.7 Å². The number of hydrogen-bond donors (Lipinski definition) is 2. The normalized spacial score (nSPS) is 13.5. The highest BCUT2D eigenvalue weighted by Crippen LogP contribution is 2.17. The number of rotatable bonds is 7. The number of halogens is 1. The number of thioether (sulfide) groups is 1. The van der Waals surface area contributed by atoms with Crippen LogP contribution in [0.3, 0.4) is 0 Å². The zero-order valence-electron chi connectivity index (χ0n) is 10.9. The first-order chi connectivity index (χ1) is 8.90. The van der Waals surface area contributed by atoms with Crippen molar-refractivity contribution in [1.29, 1.82) is 0 Å². The van der Waals surface area contributed by atoms with Crippen LogP contribution in [0.5, 0.6) is 0 Å². The fourth-order valence-electron chi connectivity index (χ4n) is 1.52. The van der Waals surface area contributed by atoms with Crippen LogP contribution >= 0.6 is 11.8 Å². The van der Waals surface area contributed by atoms with Crippen LogP contribution < -0.4 is 4.72 Å². The van der Waals surface area contributed by atoms with Gasteiger partial charge in [0, 0.05) is 11.8 Å². The van der Waals surface area contributed by atoms with Crippen LogP contribution in [-0.4, -0.2) is 31.1 Å². The van der Waals surface area contributed by atoms with Crippen molar-refractivity contribution < 1.29 is 17.9 Å². The van der Waals surface area contributed by atoms with E-state index in [2.05, 4.69) is 4.72 Å². The molecule has 0 aliphatic rings. The molecule has 0 aliphatic carbocycles. The Hall–Kier alpha value is -0.630. The first kappa shape index (κ1) is 16.4. The Morgan fingerprint density at radius 2 is 2.16 bits per heavy atom. The Labute approximate surface area is 117 Å². The molecular weight excluding hydrogens is 289 g/mol. The SMILES string of the molecule is CCSCC(C)NS(=O)(=O)c1ccc(CO)cc1F. The molecule has 1 unspecified atom stereocenters. The summed E-state index contributed by atoms with van der Waals surface area (Å²) in [4.78, 5) is -0.391. The summed E-state index contributed by atoms with van der Waals surface area (Å²) >= 11 is 1.61. The lowest BCUT2D eigenvalue weighted by molar-refractivity contribution is 0.281. The molecule has 1 aromatic carbocycles. The second-order valence-electron chi connectivity index (χ2n) is 4.10. The van der Waals surface area contributed by atoms with Crippen molar-refractivity contribution in [1.82, 2.24) is 4.72 Å². The maximum atomic E-state index is 13.7. The van der Waals surface area contributed by atoms with Crippen molar-refractivity contribution in [2.75, 3.05) is 11.5 Å². The van der Waals surface area contributed by atoms with Crippen molar-refractivity contribution >= 4 is 21.8 Å². The second-order valence-corrected chi connectivity index (χ2v) is 7.11. The van der Waals surface area contributed by atoms with Crippen LogP contribution in [0, 0.1) is 5.82 Å². The van der Waals surface area contributed by atoms with E-state index in [0.717, 1.165) is 11.8 Å². The maximum absolute atomic E-state index is 13.7. The summed E-state index contributed by atoms with van der Waals surface area (Å²) in [7, 11) is -3.87. The molecule has 0 saturated carbocycles. The van der Waals surface area contributed by atoms with Crippen molar-refractivity contribution in [3.63, 3.8) is 0 Å². The molecule has 0 heterocycles. The van der Waals surface area contributed by atoms with Gasteiger partial charge in [0.1, 0.15) is 10.7 Å². The summed E-state index contributed by atoms with van der Waals surface area (Å²) in [6, 6.07) is 3.32. The third-order valence-electron chi connectivity index (χ3n) is 2.40. The van der Waals surface area contributed by atoms with E-state index in [4.69, 9.17) is 5.11 Å². The van der Waals surface area contributed by atoms with Crippen LogP contribution in [0.25, 0.3) is 0 Å². The number of benzene rings is 1.